The van der Waals surface area contributed by atoms with Crippen LogP contribution in [-0.4, -0.2) is 28.1 Å². The van der Waals surface area contributed by atoms with E-state index in [1.54, 1.807) is 10.9 Å². The number of rotatable bonds is 6. The molecule has 0 fully saturated rings. The van der Waals surface area contributed by atoms with Crippen LogP contribution >= 0.6 is 0 Å². The van der Waals surface area contributed by atoms with Crippen molar-refractivity contribution >= 4 is 11.8 Å². The fourth-order valence-corrected chi connectivity index (χ4v) is 2.02. The normalized spacial score (nSPS) is 11.1. The van der Waals surface area contributed by atoms with Crippen LogP contribution in [0.15, 0.2) is 42.7 Å². The number of para-hydroxylation sites is 1. The van der Waals surface area contributed by atoms with Gasteiger partial charge in [0.15, 0.2) is 0 Å². The first-order valence-corrected chi connectivity index (χ1v) is 8.00. The molecule has 0 saturated heterocycles. The highest BCUT2D eigenvalue weighted by atomic mass is 16.2. The van der Waals surface area contributed by atoms with E-state index in [9.17, 15) is 9.59 Å². The monoisotopic (exact) mass is 328 g/mol. The number of benzene rings is 1. The van der Waals surface area contributed by atoms with Gasteiger partial charge in [-0.05, 0) is 12.1 Å². The van der Waals surface area contributed by atoms with Gasteiger partial charge < -0.3 is 10.6 Å². The minimum Gasteiger partial charge on any atom is -0.355 e. The zero-order valence-electron chi connectivity index (χ0n) is 14.4. The third-order valence-corrected chi connectivity index (χ3v) is 3.47. The van der Waals surface area contributed by atoms with Crippen molar-refractivity contribution in [3.63, 3.8) is 0 Å². The second-order valence-electron chi connectivity index (χ2n) is 6.66. The number of carbonyl (C=O) groups excluding carboxylic acids is 2. The van der Waals surface area contributed by atoms with Crippen molar-refractivity contribution < 1.29 is 9.59 Å². The van der Waals surface area contributed by atoms with Crippen molar-refractivity contribution in [3.05, 3.63) is 48.3 Å². The summed E-state index contributed by atoms with van der Waals surface area (Å²) in [4.78, 5) is 23.5. The first-order chi connectivity index (χ1) is 11.4. The fraction of sp³-hybridized carbons (Fsp3) is 0.389. The Morgan fingerprint density at radius 1 is 1.12 bits per heavy atom. The van der Waals surface area contributed by atoms with Crippen molar-refractivity contribution in [1.29, 1.82) is 0 Å². The fourth-order valence-electron chi connectivity index (χ4n) is 2.02. The Balaban J connectivity index is 1.75. The Kier molecular flexibility index (Phi) is 5.73. The molecule has 2 rings (SSSR count). The van der Waals surface area contributed by atoms with Crippen molar-refractivity contribution in [2.75, 3.05) is 6.54 Å². The minimum absolute atomic E-state index is 0.0561. The lowest BCUT2D eigenvalue weighted by Gasteiger charge is -2.17. The molecule has 2 N–H and O–H groups in total. The van der Waals surface area contributed by atoms with E-state index < -0.39 is 5.41 Å². The van der Waals surface area contributed by atoms with E-state index in [1.807, 2.05) is 57.3 Å². The molecular weight excluding hydrogens is 304 g/mol. The second-order valence-corrected chi connectivity index (χ2v) is 6.66. The van der Waals surface area contributed by atoms with Gasteiger partial charge in [-0.3, -0.25) is 9.59 Å². The number of nitrogens with one attached hydrogen (secondary N) is 2. The maximum absolute atomic E-state index is 11.8. The number of nitrogens with zero attached hydrogens (tertiary/aromatic N) is 2. The van der Waals surface area contributed by atoms with E-state index >= 15 is 0 Å². The molecular formula is C18H24N4O2. The Labute approximate surface area is 142 Å². The predicted molar refractivity (Wildman–Crippen MR) is 92.5 cm³/mol. The first kappa shape index (κ1) is 17.7. The molecule has 1 aromatic carbocycles. The van der Waals surface area contributed by atoms with Crippen LogP contribution < -0.4 is 10.6 Å². The second kappa shape index (κ2) is 7.77. The lowest BCUT2D eigenvalue weighted by Crippen LogP contribution is -2.37. The maximum Gasteiger partial charge on any atom is 0.225 e. The summed E-state index contributed by atoms with van der Waals surface area (Å²) in [6.07, 6.45) is 3.88. The van der Waals surface area contributed by atoms with Crippen LogP contribution in [0.25, 0.3) is 5.69 Å². The van der Waals surface area contributed by atoms with E-state index in [-0.39, 0.29) is 18.2 Å². The largest absolute Gasteiger partial charge is 0.355 e. The molecule has 0 aliphatic rings. The van der Waals surface area contributed by atoms with Crippen LogP contribution in [0, 0.1) is 5.41 Å². The van der Waals surface area contributed by atoms with Gasteiger partial charge in [-0.1, -0.05) is 39.0 Å². The average molecular weight is 328 g/mol. The summed E-state index contributed by atoms with van der Waals surface area (Å²) < 4.78 is 1.77. The van der Waals surface area contributed by atoms with Gasteiger partial charge in [-0.2, -0.15) is 5.10 Å². The van der Waals surface area contributed by atoms with Gasteiger partial charge in [0, 0.05) is 36.7 Å². The smallest absolute Gasteiger partial charge is 0.225 e. The molecule has 6 nitrogen and oxygen atoms in total. The van der Waals surface area contributed by atoms with Crippen molar-refractivity contribution in [2.24, 2.45) is 5.41 Å². The molecule has 1 heterocycles. The highest BCUT2D eigenvalue weighted by Gasteiger charge is 2.20. The van der Waals surface area contributed by atoms with Crippen LogP contribution in [0.4, 0.5) is 0 Å². The van der Waals surface area contributed by atoms with Gasteiger partial charge in [-0.25, -0.2) is 4.68 Å². The van der Waals surface area contributed by atoms with Crippen molar-refractivity contribution in [3.8, 4) is 5.69 Å². The maximum atomic E-state index is 11.8. The molecule has 2 amide bonds. The summed E-state index contributed by atoms with van der Waals surface area (Å²) in [6, 6.07) is 9.78. The topological polar surface area (TPSA) is 76.0 Å². The number of aromatic nitrogens is 2. The molecule has 6 heteroatoms. The molecule has 2 aromatic rings. The Bertz CT molecular complexity index is 687. The Morgan fingerprint density at radius 3 is 2.50 bits per heavy atom. The quantitative estimate of drug-likeness (QED) is 0.852. The van der Waals surface area contributed by atoms with Crippen LogP contribution in [0.2, 0.25) is 0 Å². The highest BCUT2D eigenvalue weighted by molar-refractivity contribution is 5.82. The van der Waals surface area contributed by atoms with Gasteiger partial charge in [0.25, 0.3) is 0 Å². The lowest BCUT2D eigenvalue weighted by atomic mass is 9.96. The molecule has 1 aromatic heterocycles. The van der Waals surface area contributed by atoms with Crippen molar-refractivity contribution in [2.45, 2.75) is 33.7 Å². The molecule has 0 unspecified atom stereocenters. The van der Waals surface area contributed by atoms with Crippen LogP contribution in [0.3, 0.4) is 0 Å². The number of carbonyl (C=O) groups is 2. The van der Waals surface area contributed by atoms with Gasteiger partial charge >= 0.3 is 0 Å². The standard InChI is InChI=1S/C18H24N4O2/c1-18(2,3)17(24)19-10-9-16(23)20-11-14-12-21-22(13-14)15-7-5-4-6-8-15/h4-8,12-13H,9-11H2,1-3H3,(H,19,24)(H,20,23). The molecule has 128 valence electrons. The molecule has 0 aliphatic heterocycles. The summed E-state index contributed by atoms with van der Waals surface area (Å²) in [5.74, 6) is -0.156. The molecule has 24 heavy (non-hydrogen) atoms. The molecule has 0 atom stereocenters. The van der Waals surface area contributed by atoms with E-state index in [2.05, 4.69) is 15.7 Å². The number of hydrogen-bond acceptors (Lipinski definition) is 3. The van der Waals surface area contributed by atoms with E-state index in [4.69, 9.17) is 0 Å². The summed E-state index contributed by atoms with van der Waals surface area (Å²) in [6.45, 7) is 6.27. The lowest BCUT2D eigenvalue weighted by molar-refractivity contribution is -0.128. The summed E-state index contributed by atoms with van der Waals surface area (Å²) in [7, 11) is 0. The SMILES string of the molecule is CC(C)(C)C(=O)NCCC(=O)NCc1cnn(-c2ccccc2)c1. The van der Waals surface area contributed by atoms with Gasteiger partial charge in [0.1, 0.15) is 0 Å². The van der Waals surface area contributed by atoms with Gasteiger partial charge in [-0.15, -0.1) is 0 Å². The average Bonchev–Trinajstić information content (AvgIpc) is 3.02. The minimum atomic E-state index is -0.442. The van der Waals surface area contributed by atoms with E-state index in [1.165, 1.54) is 0 Å². The van der Waals surface area contributed by atoms with Crippen LogP contribution in [-0.2, 0) is 16.1 Å². The summed E-state index contributed by atoms with van der Waals surface area (Å²) in [5, 5.41) is 9.88. The predicted octanol–water partition coefficient (Wildman–Crippen LogP) is 2.04. The number of amides is 2. The molecule has 0 spiro atoms. The molecule has 0 saturated carbocycles. The Morgan fingerprint density at radius 2 is 1.83 bits per heavy atom. The zero-order valence-corrected chi connectivity index (χ0v) is 14.4. The third kappa shape index (κ3) is 5.22. The summed E-state index contributed by atoms with van der Waals surface area (Å²) >= 11 is 0. The van der Waals surface area contributed by atoms with Crippen molar-refractivity contribution in [1.82, 2.24) is 20.4 Å². The van der Waals surface area contributed by atoms with E-state index in [0.717, 1.165) is 11.3 Å². The first-order valence-electron chi connectivity index (χ1n) is 8.00. The molecule has 0 radical (unpaired) electrons. The zero-order chi connectivity index (χ0) is 17.6. The third-order valence-electron chi connectivity index (χ3n) is 3.47. The highest BCUT2D eigenvalue weighted by Crippen LogP contribution is 2.12. The van der Waals surface area contributed by atoms with E-state index in [0.29, 0.717) is 13.1 Å². The van der Waals surface area contributed by atoms with Crippen LogP contribution in [0.5, 0.6) is 0 Å². The molecule has 0 aliphatic carbocycles. The Hall–Kier alpha value is -2.63. The number of hydrogen-bond donors (Lipinski definition) is 2. The van der Waals surface area contributed by atoms with Gasteiger partial charge in [0.2, 0.25) is 11.8 Å². The molecule has 0 bridgehead atoms. The van der Waals surface area contributed by atoms with Gasteiger partial charge in [0.05, 0.1) is 11.9 Å². The summed E-state index contributed by atoms with van der Waals surface area (Å²) in [5.41, 5.74) is 1.45. The van der Waals surface area contributed by atoms with Crippen LogP contribution in [0.1, 0.15) is 32.8 Å².